The molecular formula is C20H25N3O3S2. The molecule has 28 heavy (non-hydrogen) atoms. The third-order valence-electron chi connectivity index (χ3n) is 5.60. The maximum atomic E-state index is 13.3. The first-order valence-electron chi connectivity index (χ1n) is 9.58. The molecular weight excluding hydrogens is 394 g/mol. The van der Waals surface area contributed by atoms with Crippen molar-refractivity contribution in [3.63, 3.8) is 0 Å². The van der Waals surface area contributed by atoms with Crippen LogP contribution in [0.2, 0.25) is 0 Å². The van der Waals surface area contributed by atoms with Gasteiger partial charge in [0.2, 0.25) is 5.91 Å². The van der Waals surface area contributed by atoms with Crippen LogP contribution in [0.3, 0.4) is 0 Å². The van der Waals surface area contributed by atoms with E-state index in [1.165, 1.54) is 15.6 Å². The number of rotatable bonds is 3. The van der Waals surface area contributed by atoms with Crippen LogP contribution in [0.1, 0.15) is 18.4 Å². The summed E-state index contributed by atoms with van der Waals surface area (Å²) in [5, 5.41) is 1.77. The van der Waals surface area contributed by atoms with E-state index in [9.17, 15) is 13.2 Å². The molecule has 1 unspecified atom stereocenters. The van der Waals surface area contributed by atoms with Crippen LogP contribution < -0.4 is 4.90 Å². The Morgan fingerprint density at radius 1 is 1.11 bits per heavy atom. The van der Waals surface area contributed by atoms with Crippen LogP contribution in [-0.2, 0) is 21.4 Å². The van der Waals surface area contributed by atoms with Crippen LogP contribution in [0.5, 0.6) is 0 Å². The fraction of sp³-hybridized carbons (Fsp3) is 0.450. The Kier molecular flexibility index (Phi) is 5.44. The van der Waals surface area contributed by atoms with E-state index >= 15 is 0 Å². The zero-order valence-corrected chi connectivity index (χ0v) is 17.6. The van der Waals surface area contributed by atoms with Crippen LogP contribution in [0, 0.1) is 5.92 Å². The van der Waals surface area contributed by atoms with E-state index in [-0.39, 0.29) is 18.4 Å². The number of hydrogen-bond acceptors (Lipinski definition) is 5. The van der Waals surface area contributed by atoms with E-state index < -0.39 is 10.0 Å². The van der Waals surface area contributed by atoms with Crippen molar-refractivity contribution in [2.24, 2.45) is 5.92 Å². The third-order valence-corrected chi connectivity index (χ3v) is 8.84. The molecule has 8 heteroatoms. The molecule has 3 heterocycles. The quantitative estimate of drug-likeness (QED) is 0.767. The van der Waals surface area contributed by atoms with Crippen molar-refractivity contribution < 1.29 is 13.2 Å². The Morgan fingerprint density at radius 3 is 2.71 bits per heavy atom. The molecule has 1 amide bonds. The molecule has 0 spiro atoms. The first-order chi connectivity index (χ1) is 13.5. The number of fused-ring (bicyclic) bond motifs is 1. The van der Waals surface area contributed by atoms with Gasteiger partial charge in [-0.3, -0.25) is 4.79 Å². The molecule has 1 aromatic carbocycles. The molecule has 0 saturated carbocycles. The number of amides is 1. The van der Waals surface area contributed by atoms with E-state index in [0.717, 1.165) is 24.2 Å². The second-order valence-corrected chi connectivity index (χ2v) is 10.6. The average molecular weight is 420 g/mol. The Bertz CT molecular complexity index is 943. The van der Waals surface area contributed by atoms with Gasteiger partial charge in [-0.1, -0.05) is 24.3 Å². The lowest BCUT2D eigenvalue weighted by molar-refractivity contribution is -0.137. The highest BCUT2D eigenvalue weighted by Gasteiger charge is 2.36. The van der Waals surface area contributed by atoms with Crippen molar-refractivity contribution in [3.8, 4) is 0 Å². The number of carbonyl (C=O) groups is 1. The number of hydrogen-bond donors (Lipinski definition) is 0. The first-order valence-corrected chi connectivity index (χ1v) is 11.9. The second kappa shape index (κ2) is 7.85. The van der Waals surface area contributed by atoms with E-state index in [2.05, 4.69) is 17.0 Å². The maximum Gasteiger partial charge on any atom is 0.252 e. The van der Waals surface area contributed by atoms with Gasteiger partial charge in [-0.15, -0.1) is 11.3 Å². The number of piperidine rings is 1. The third kappa shape index (κ3) is 3.68. The van der Waals surface area contributed by atoms with Crippen molar-refractivity contribution in [2.45, 2.75) is 23.6 Å². The predicted molar refractivity (Wildman–Crippen MR) is 111 cm³/mol. The van der Waals surface area contributed by atoms with E-state index in [1.54, 1.807) is 17.5 Å². The molecule has 0 bridgehead atoms. The Balaban J connectivity index is 1.51. The van der Waals surface area contributed by atoms with E-state index in [0.29, 0.717) is 30.3 Å². The molecule has 6 nitrogen and oxygen atoms in total. The highest BCUT2D eigenvalue weighted by atomic mass is 32.2. The van der Waals surface area contributed by atoms with Gasteiger partial charge in [-0.2, -0.15) is 4.31 Å². The van der Waals surface area contributed by atoms with Crippen LogP contribution in [-0.4, -0.2) is 56.8 Å². The SMILES string of the molecule is CN1CCN(C(=O)C2CCCN(S(=O)(=O)c3cccs3)C2)Cc2ccccc21. The van der Waals surface area contributed by atoms with Crippen LogP contribution in [0.25, 0.3) is 0 Å². The topological polar surface area (TPSA) is 60.9 Å². The maximum absolute atomic E-state index is 13.3. The van der Waals surface area contributed by atoms with Crippen LogP contribution in [0.4, 0.5) is 5.69 Å². The van der Waals surface area contributed by atoms with E-state index in [1.807, 2.05) is 24.1 Å². The standard InChI is InChI=1S/C20H25N3O3S2/c1-21-11-12-22(14-16-6-2-3-8-18(16)21)20(24)17-7-4-10-23(15-17)28(25,26)19-9-5-13-27-19/h2-3,5-6,8-9,13,17H,4,7,10-12,14-15H2,1H3. The Hall–Kier alpha value is -1.90. The van der Waals surface area contributed by atoms with Gasteiger partial charge in [0, 0.05) is 45.5 Å². The summed E-state index contributed by atoms with van der Waals surface area (Å²) in [4.78, 5) is 17.3. The molecule has 0 N–H and O–H groups in total. The average Bonchev–Trinajstić information content (AvgIpc) is 3.21. The number of anilines is 1. The van der Waals surface area contributed by atoms with Crippen LogP contribution >= 0.6 is 11.3 Å². The van der Waals surface area contributed by atoms with Crippen molar-refractivity contribution in [1.29, 1.82) is 0 Å². The largest absolute Gasteiger partial charge is 0.373 e. The Morgan fingerprint density at radius 2 is 1.93 bits per heavy atom. The second-order valence-electron chi connectivity index (χ2n) is 7.44. The Labute approximate surface area is 170 Å². The predicted octanol–water partition coefficient (Wildman–Crippen LogP) is 2.63. The minimum atomic E-state index is -3.51. The summed E-state index contributed by atoms with van der Waals surface area (Å²) in [5.41, 5.74) is 2.29. The molecule has 150 valence electrons. The van der Waals surface area contributed by atoms with Gasteiger partial charge in [0.25, 0.3) is 10.0 Å². The highest BCUT2D eigenvalue weighted by Crippen LogP contribution is 2.29. The number of carbonyl (C=O) groups excluding carboxylic acids is 1. The molecule has 1 fully saturated rings. The lowest BCUT2D eigenvalue weighted by Gasteiger charge is -2.33. The lowest BCUT2D eigenvalue weighted by atomic mass is 9.98. The number of sulfonamides is 1. The molecule has 1 atom stereocenters. The van der Waals surface area contributed by atoms with Crippen molar-refractivity contribution in [3.05, 3.63) is 47.3 Å². The van der Waals surface area contributed by atoms with Crippen molar-refractivity contribution in [2.75, 3.05) is 38.1 Å². The number of likely N-dealkylation sites (N-methyl/N-ethyl adjacent to an activating group) is 1. The van der Waals surface area contributed by atoms with Gasteiger partial charge in [-0.05, 0) is 35.9 Å². The molecule has 1 aromatic heterocycles. The summed E-state index contributed by atoms with van der Waals surface area (Å²) in [6.07, 6.45) is 1.45. The molecule has 2 aliphatic rings. The summed E-state index contributed by atoms with van der Waals surface area (Å²) in [5.74, 6) is -0.213. The summed E-state index contributed by atoms with van der Waals surface area (Å²) >= 11 is 1.23. The number of para-hydroxylation sites is 1. The smallest absolute Gasteiger partial charge is 0.252 e. The minimum Gasteiger partial charge on any atom is -0.373 e. The zero-order chi connectivity index (χ0) is 19.7. The van der Waals surface area contributed by atoms with Gasteiger partial charge in [-0.25, -0.2) is 8.42 Å². The molecule has 0 aliphatic carbocycles. The summed E-state index contributed by atoms with van der Waals surface area (Å²) < 4.78 is 27.6. The first kappa shape index (κ1) is 19.4. The van der Waals surface area contributed by atoms with Gasteiger partial charge in [0.05, 0.1) is 5.92 Å². The molecule has 0 radical (unpaired) electrons. The summed E-state index contributed by atoms with van der Waals surface area (Å²) in [6.45, 7) is 2.75. The number of nitrogens with zero attached hydrogens (tertiary/aromatic N) is 3. The number of benzene rings is 1. The van der Waals surface area contributed by atoms with Crippen molar-refractivity contribution in [1.82, 2.24) is 9.21 Å². The molecule has 1 saturated heterocycles. The minimum absolute atomic E-state index is 0.0659. The fourth-order valence-electron chi connectivity index (χ4n) is 4.04. The molecule has 4 rings (SSSR count). The van der Waals surface area contributed by atoms with Crippen LogP contribution in [0.15, 0.2) is 46.0 Å². The molecule has 2 aromatic rings. The van der Waals surface area contributed by atoms with Gasteiger partial charge in [0.1, 0.15) is 4.21 Å². The molecule has 2 aliphatic heterocycles. The summed E-state index contributed by atoms with van der Waals surface area (Å²) in [6, 6.07) is 11.5. The van der Waals surface area contributed by atoms with Crippen molar-refractivity contribution >= 4 is 33.0 Å². The van der Waals surface area contributed by atoms with Gasteiger partial charge >= 0.3 is 0 Å². The zero-order valence-electron chi connectivity index (χ0n) is 16.0. The fourth-order valence-corrected chi connectivity index (χ4v) is 6.71. The van der Waals surface area contributed by atoms with Gasteiger partial charge < -0.3 is 9.80 Å². The summed E-state index contributed by atoms with van der Waals surface area (Å²) in [7, 11) is -1.46. The number of thiophene rings is 1. The van der Waals surface area contributed by atoms with Gasteiger partial charge in [0.15, 0.2) is 0 Å². The van der Waals surface area contributed by atoms with E-state index in [4.69, 9.17) is 0 Å². The normalized spacial score (nSPS) is 21.2. The monoisotopic (exact) mass is 419 g/mol. The highest BCUT2D eigenvalue weighted by molar-refractivity contribution is 7.91. The lowest BCUT2D eigenvalue weighted by Crippen LogP contribution is -2.47.